The summed E-state index contributed by atoms with van der Waals surface area (Å²) in [5.41, 5.74) is 0.258. The van der Waals surface area contributed by atoms with E-state index in [0.717, 1.165) is 24.0 Å². The van der Waals surface area contributed by atoms with E-state index in [9.17, 15) is 14.5 Å². The zero-order valence-electron chi connectivity index (χ0n) is 11.0. The van der Waals surface area contributed by atoms with Crippen molar-refractivity contribution in [3.05, 3.63) is 34.1 Å². The van der Waals surface area contributed by atoms with Gasteiger partial charge in [0.25, 0.3) is 0 Å². The second-order valence-electron chi connectivity index (χ2n) is 5.43. The molecule has 0 bridgehead atoms. The Morgan fingerprint density at radius 1 is 1.53 bits per heavy atom. The van der Waals surface area contributed by atoms with E-state index in [2.05, 4.69) is 19.2 Å². The lowest BCUT2D eigenvalue weighted by Crippen LogP contribution is -2.41. The third kappa shape index (κ3) is 3.18. The number of halogens is 1. The van der Waals surface area contributed by atoms with Crippen LogP contribution in [0.15, 0.2) is 18.2 Å². The number of nitro groups is 1. The lowest BCUT2D eigenvalue weighted by molar-refractivity contribution is -0.387. The fourth-order valence-electron chi connectivity index (χ4n) is 2.12. The number of nitro benzene ring substituents is 1. The Balaban J connectivity index is 2.19. The molecule has 0 radical (unpaired) electrons. The highest BCUT2D eigenvalue weighted by Gasteiger charge is 2.32. The van der Waals surface area contributed by atoms with E-state index in [0.29, 0.717) is 5.69 Å². The number of rotatable bonds is 3. The Bertz CT molecular complexity index is 494. The Morgan fingerprint density at radius 2 is 2.26 bits per heavy atom. The molecular formula is C13H17FN2O2S. The standard InChI is InChI=1S/C13H17FN2O2S/c1-13(2)5-6-19-8-12(13)15-9-3-4-10(14)11(7-9)16(17)18/h3-4,7,12,15H,5-6,8H2,1-2H3. The summed E-state index contributed by atoms with van der Waals surface area (Å²) < 4.78 is 13.3. The molecule has 0 aromatic heterocycles. The summed E-state index contributed by atoms with van der Waals surface area (Å²) in [6, 6.07) is 4.20. The maximum Gasteiger partial charge on any atom is 0.306 e. The molecule has 1 aliphatic heterocycles. The summed E-state index contributed by atoms with van der Waals surface area (Å²) in [4.78, 5) is 10.0. The van der Waals surface area contributed by atoms with Gasteiger partial charge < -0.3 is 5.32 Å². The summed E-state index contributed by atoms with van der Waals surface area (Å²) in [5.74, 6) is 1.29. The van der Waals surface area contributed by atoms with Crippen LogP contribution in [0.2, 0.25) is 0 Å². The molecule has 19 heavy (non-hydrogen) atoms. The topological polar surface area (TPSA) is 55.2 Å². The summed E-state index contributed by atoms with van der Waals surface area (Å²) in [6.45, 7) is 4.37. The number of hydrogen-bond donors (Lipinski definition) is 1. The van der Waals surface area contributed by atoms with Gasteiger partial charge in [-0.05, 0) is 29.7 Å². The van der Waals surface area contributed by atoms with Gasteiger partial charge in [0.05, 0.1) is 4.92 Å². The Hall–Kier alpha value is -1.30. The largest absolute Gasteiger partial charge is 0.381 e. The van der Waals surface area contributed by atoms with Crippen LogP contribution < -0.4 is 5.32 Å². The van der Waals surface area contributed by atoms with Crippen molar-refractivity contribution in [2.24, 2.45) is 5.41 Å². The molecule has 1 heterocycles. The number of nitrogens with one attached hydrogen (secondary N) is 1. The summed E-state index contributed by atoms with van der Waals surface area (Å²) in [7, 11) is 0. The molecule has 0 spiro atoms. The predicted molar refractivity (Wildman–Crippen MR) is 76.2 cm³/mol. The van der Waals surface area contributed by atoms with Crippen LogP contribution in [-0.2, 0) is 0 Å². The van der Waals surface area contributed by atoms with Gasteiger partial charge in [-0.15, -0.1) is 0 Å². The van der Waals surface area contributed by atoms with Crippen LogP contribution in [0.5, 0.6) is 0 Å². The van der Waals surface area contributed by atoms with Gasteiger partial charge in [-0.1, -0.05) is 13.8 Å². The predicted octanol–water partition coefficient (Wildman–Crippen LogP) is 3.68. The van der Waals surface area contributed by atoms with Crippen LogP contribution in [0.1, 0.15) is 20.3 Å². The van der Waals surface area contributed by atoms with Crippen molar-refractivity contribution < 1.29 is 9.31 Å². The van der Waals surface area contributed by atoms with E-state index in [1.807, 2.05) is 11.8 Å². The smallest absolute Gasteiger partial charge is 0.306 e. The lowest BCUT2D eigenvalue weighted by atomic mass is 9.82. The van der Waals surface area contributed by atoms with E-state index in [4.69, 9.17) is 0 Å². The highest BCUT2D eigenvalue weighted by Crippen LogP contribution is 2.36. The lowest BCUT2D eigenvalue weighted by Gasteiger charge is -2.39. The van der Waals surface area contributed by atoms with E-state index in [1.165, 1.54) is 6.07 Å². The minimum atomic E-state index is -0.798. The first-order chi connectivity index (χ1) is 8.90. The first-order valence-electron chi connectivity index (χ1n) is 6.18. The number of hydrogen-bond acceptors (Lipinski definition) is 4. The Kier molecular flexibility index (Phi) is 3.99. The molecule has 1 saturated heterocycles. The zero-order chi connectivity index (χ0) is 14.0. The minimum Gasteiger partial charge on any atom is -0.381 e. The first-order valence-corrected chi connectivity index (χ1v) is 7.34. The van der Waals surface area contributed by atoms with Crippen LogP contribution in [0.3, 0.4) is 0 Å². The maximum atomic E-state index is 13.3. The highest BCUT2D eigenvalue weighted by molar-refractivity contribution is 7.99. The molecule has 2 rings (SSSR count). The van der Waals surface area contributed by atoms with Crippen molar-refractivity contribution in [1.29, 1.82) is 0 Å². The molecule has 1 atom stereocenters. The van der Waals surface area contributed by atoms with E-state index in [-0.39, 0.29) is 11.5 Å². The first kappa shape index (κ1) is 14.1. The summed E-state index contributed by atoms with van der Waals surface area (Å²) in [5, 5.41) is 14.0. The van der Waals surface area contributed by atoms with Gasteiger partial charge in [0.2, 0.25) is 5.82 Å². The second kappa shape index (κ2) is 5.36. The third-order valence-electron chi connectivity index (χ3n) is 3.60. The fourth-order valence-corrected chi connectivity index (χ4v) is 3.72. The van der Waals surface area contributed by atoms with Crippen molar-refractivity contribution >= 4 is 23.1 Å². The van der Waals surface area contributed by atoms with Gasteiger partial charge in [-0.3, -0.25) is 10.1 Å². The van der Waals surface area contributed by atoms with Crippen LogP contribution in [0.25, 0.3) is 0 Å². The van der Waals surface area contributed by atoms with Crippen LogP contribution >= 0.6 is 11.8 Å². The normalized spacial score (nSPS) is 21.9. The van der Waals surface area contributed by atoms with E-state index < -0.39 is 16.4 Å². The molecule has 1 aromatic rings. The molecule has 1 aliphatic rings. The number of thioether (sulfide) groups is 1. The van der Waals surface area contributed by atoms with Crippen molar-refractivity contribution in [3.63, 3.8) is 0 Å². The van der Waals surface area contributed by atoms with Gasteiger partial charge in [0.1, 0.15) is 0 Å². The van der Waals surface area contributed by atoms with Gasteiger partial charge >= 0.3 is 5.69 Å². The molecule has 1 unspecified atom stereocenters. The minimum absolute atomic E-state index is 0.133. The molecule has 1 N–H and O–H groups in total. The average Bonchev–Trinajstić information content (AvgIpc) is 2.33. The monoisotopic (exact) mass is 284 g/mol. The van der Waals surface area contributed by atoms with Gasteiger partial charge in [-0.2, -0.15) is 16.2 Å². The second-order valence-corrected chi connectivity index (χ2v) is 6.58. The van der Waals surface area contributed by atoms with Crippen LogP contribution in [-0.4, -0.2) is 22.5 Å². The van der Waals surface area contributed by atoms with Crippen molar-refractivity contribution in [3.8, 4) is 0 Å². The molecule has 1 fully saturated rings. The van der Waals surface area contributed by atoms with Crippen LogP contribution in [0, 0.1) is 21.3 Å². The van der Waals surface area contributed by atoms with Crippen molar-refractivity contribution in [1.82, 2.24) is 0 Å². The molecule has 0 saturated carbocycles. The van der Waals surface area contributed by atoms with E-state index >= 15 is 0 Å². The van der Waals surface area contributed by atoms with Crippen molar-refractivity contribution in [2.45, 2.75) is 26.3 Å². The molecule has 4 nitrogen and oxygen atoms in total. The quantitative estimate of drug-likeness (QED) is 0.679. The van der Waals surface area contributed by atoms with Gasteiger partial charge in [-0.25, -0.2) is 0 Å². The molecule has 1 aromatic carbocycles. The fraction of sp³-hybridized carbons (Fsp3) is 0.538. The maximum absolute atomic E-state index is 13.3. The SMILES string of the molecule is CC1(C)CCSCC1Nc1ccc(F)c([N+](=O)[O-])c1. The van der Waals surface area contributed by atoms with Crippen molar-refractivity contribution in [2.75, 3.05) is 16.8 Å². The Labute approximate surface area is 115 Å². The van der Waals surface area contributed by atoms with Gasteiger partial charge in [0.15, 0.2) is 0 Å². The average molecular weight is 284 g/mol. The van der Waals surface area contributed by atoms with Gasteiger partial charge in [0, 0.05) is 23.5 Å². The van der Waals surface area contributed by atoms with E-state index in [1.54, 1.807) is 6.07 Å². The zero-order valence-corrected chi connectivity index (χ0v) is 11.8. The summed E-state index contributed by atoms with van der Waals surface area (Å²) >= 11 is 1.87. The van der Waals surface area contributed by atoms with Crippen LogP contribution in [0.4, 0.5) is 15.8 Å². The third-order valence-corrected chi connectivity index (χ3v) is 4.66. The summed E-state index contributed by atoms with van der Waals surface area (Å²) in [6.07, 6.45) is 1.10. The number of anilines is 1. The molecular weight excluding hydrogens is 267 g/mol. The highest BCUT2D eigenvalue weighted by atomic mass is 32.2. The molecule has 6 heteroatoms. The molecule has 104 valence electrons. The molecule has 0 aliphatic carbocycles. The number of nitrogens with zero attached hydrogens (tertiary/aromatic N) is 1. The molecule has 0 amide bonds. The number of benzene rings is 1. The Morgan fingerprint density at radius 3 is 2.89 bits per heavy atom.